The van der Waals surface area contributed by atoms with Crippen molar-refractivity contribution >= 4 is 16.5 Å². The van der Waals surface area contributed by atoms with E-state index in [0.717, 1.165) is 6.42 Å². The summed E-state index contributed by atoms with van der Waals surface area (Å²) in [6.07, 6.45) is 23.4. The zero-order valence-electron chi connectivity index (χ0n) is 16.3. The van der Waals surface area contributed by atoms with Crippen molar-refractivity contribution in [3.8, 4) is 0 Å². The van der Waals surface area contributed by atoms with Gasteiger partial charge in [-0.15, -0.1) is 0 Å². The van der Waals surface area contributed by atoms with Gasteiger partial charge in [-0.2, -0.15) is 0 Å². The largest absolute Gasteiger partial charge is 0.392 e. The number of unbranched alkanes of at least 4 members (excludes halogenated alkanes) is 13. The Hall–Kier alpha value is 0.0400. The molecule has 2 unspecified atom stereocenters. The summed E-state index contributed by atoms with van der Waals surface area (Å²) in [5.74, 6) is 0. The lowest BCUT2D eigenvalue weighted by Gasteiger charge is -2.02. The Morgan fingerprint density at radius 2 is 1.08 bits per heavy atom. The summed E-state index contributed by atoms with van der Waals surface area (Å²) < 4.78 is 22.3. The molecule has 0 aliphatic heterocycles. The van der Waals surface area contributed by atoms with Crippen molar-refractivity contribution in [1.82, 2.24) is 0 Å². The fourth-order valence-electron chi connectivity index (χ4n) is 2.55. The number of hydrogen-bond donors (Lipinski definition) is 3. The Balaban J connectivity index is 0. The first-order valence-corrected chi connectivity index (χ1v) is 12.5. The lowest BCUT2D eigenvalue weighted by atomic mass is 10.0. The Kier molecular flexibility index (Phi) is 27.2. The molecule has 0 fully saturated rings. The Labute approximate surface area is 161 Å². The van der Waals surface area contributed by atoms with Gasteiger partial charge in [0.2, 0.25) is 0 Å². The van der Waals surface area contributed by atoms with E-state index >= 15 is 0 Å². The quantitative estimate of drug-likeness (QED) is 0.158. The maximum atomic E-state index is 9.44. The van der Waals surface area contributed by atoms with Crippen molar-refractivity contribution in [1.29, 1.82) is 0 Å². The molecule has 0 amide bonds. The van der Waals surface area contributed by atoms with Gasteiger partial charge in [-0.25, -0.2) is 4.31 Å². The third kappa shape index (κ3) is 31.8. The van der Waals surface area contributed by atoms with Gasteiger partial charge in [-0.1, -0.05) is 96.1 Å². The lowest BCUT2D eigenvalue weighted by molar-refractivity contribution is 0.342. The molecule has 0 aromatic heterocycles. The molecule has 158 valence electrons. The van der Waals surface area contributed by atoms with Crippen LogP contribution >= 0.6 is 16.5 Å². The van der Waals surface area contributed by atoms with Crippen LogP contribution in [0.25, 0.3) is 0 Å². The van der Waals surface area contributed by atoms with Crippen molar-refractivity contribution in [3.63, 3.8) is 0 Å². The minimum atomic E-state index is -3.20. The van der Waals surface area contributed by atoms with Gasteiger partial charge >= 0.3 is 16.5 Å². The molecular formula is C18H40O6P2. The molecule has 0 aliphatic carbocycles. The third-order valence-electron chi connectivity index (χ3n) is 3.92. The van der Waals surface area contributed by atoms with Gasteiger partial charge in [0.25, 0.3) is 0 Å². The summed E-state index contributed by atoms with van der Waals surface area (Å²) >= 11 is 0. The van der Waals surface area contributed by atoms with E-state index in [4.69, 9.17) is 14.9 Å². The topological polar surface area (TPSA) is 104 Å². The van der Waals surface area contributed by atoms with Crippen molar-refractivity contribution in [2.24, 2.45) is 0 Å². The highest BCUT2D eigenvalue weighted by Crippen LogP contribution is 2.30. The molecular weight excluding hydrogens is 374 g/mol. The van der Waals surface area contributed by atoms with Crippen molar-refractivity contribution in [2.75, 3.05) is 6.61 Å². The van der Waals surface area contributed by atoms with Crippen molar-refractivity contribution < 1.29 is 28.3 Å². The second kappa shape index (κ2) is 25.0. The van der Waals surface area contributed by atoms with Crippen LogP contribution in [0.1, 0.15) is 96.8 Å². The van der Waals surface area contributed by atoms with Gasteiger partial charge in [0.15, 0.2) is 0 Å². The highest BCUT2D eigenvalue weighted by Gasteiger charge is 1.94. The van der Waals surface area contributed by atoms with Gasteiger partial charge in [-0.05, 0) is 12.8 Å². The molecule has 26 heavy (non-hydrogen) atoms. The first-order chi connectivity index (χ1) is 12.5. The standard InChI is InChI=1S/C18H36O.H4O5P2/c1-2-3-4-5-6-7-8-9-10-11-12-13-14-15-16-17-18-19;1-6(2)5-7(3)4/h16-17,19H,2-15,18H2,1H3;6-7H,(H,1,2)(H,3,4). The molecule has 0 radical (unpaired) electrons. The van der Waals surface area contributed by atoms with E-state index < -0.39 is 16.5 Å². The minimum absolute atomic E-state index is 0.193. The number of rotatable bonds is 17. The Bertz CT molecular complexity index is 339. The maximum Gasteiger partial charge on any atom is 0.323 e. The molecule has 0 aromatic rings. The fourth-order valence-corrected chi connectivity index (χ4v) is 3.14. The average molecular weight is 414 g/mol. The highest BCUT2D eigenvalue weighted by atomic mass is 31.2. The number of hydrogen-bond acceptors (Lipinski definition) is 4. The number of aliphatic hydroxyl groups is 1. The van der Waals surface area contributed by atoms with E-state index in [2.05, 4.69) is 17.3 Å². The molecule has 0 bridgehead atoms. The van der Waals surface area contributed by atoms with E-state index in [1.165, 1.54) is 83.5 Å². The Morgan fingerprint density at radius 3 is 1.38 bits per heavy atom. The van der Waals surface area contributed by atoms with E-state index in [9.17, 15) is 9.13 Å². The van der Waals surface area contributed by atoms with Crippen LogP contribution < -0.4 is 0 Å². The van der Waals surface area contributed by atoms with E-state index in [1.54, 1.807) is 0 Å². The summed E-state index contributed by atoms with van der Waals surface area (Å²) in [6.45, 7) is 2.47. The van der Waals surface area contributed by atoms with Crippen LogP contribution in [0.15, 0.2) is 12.2 Å². The van der Waals surface area contributed by atoms with E-state index in [-0.39, 0.29) is 6.61 Å². The summed E-state index contributed by atoms with van der Waals surface area (Å²) in [6, 6.07) is 0. The minimum Gasteiger partial charge on any atom is -0.392 e. The average Bonchev–Trinajstić information content (AvgIpc) is 2.58. The van der Waals surface area contributed by atoms with E-state index in [0.29, 0.717) is 0 Å². The fraction of sp³-hybridized carbons (Fsp3) is 0.889. The summed E-state index contributed by atoms with van der Waals surface area (Å²) in [5.41, 5.74) is 0. The van der Waals surface area contributed by atoms with Crippen molar-refractivity contribution in [3.05, 3.63) is 12.2 Å². The molecule has 0 heterocycles. The molecule has 0 rings (SSSR count). The zero-order chi connectivity index (χ0) is 19.9. The second-order valence-electron chi connectivity index (χ2n) is 6.32. The molecule has 8 heteroatoms. The smallest absolute Gasteiger partial charge is 0.323 e. The first-order valence-electron chi connectivity index (χ1n) is 9.94. The molecule has 6 nitrogen and oxygen atoms in total. The molecule has 0 aliphatic rings. The third-order valence-corrected chi connectivity index (χ3v) is 5.32. The van der Waals surface area contributed by atoms with Gasteiger partial charge in [0.1, 0.15) is 0 Å². The molecule has 0 spiro atoms. The maximum absolute atomic E-state index is 9.44. The van der Waals surface area contributed by atoms with Crippen LogP contribution in [-0.2, 0) is 13.4 Å². The molecule has 3 N–H and O–H groups in total. The van der Waals surface area contributed by atoms with Crippen LogP contribution in [0, 0.1) is 0 Å². The first kappa shape index (κ1) is 28.3. The van der Waals surface area contributed by atoms with Crippen LogP contribution in [0.3, 0.4) is 0 Å². The summed E-state index contributed by atoms with van der Waals surface area (Å²) in [4.78, 5) is 15.4. The Morgan fingerprint density at radius 1 is 0.692 bits per heavy atom. The normalized spacial score (nSPS) is 13.4. The molecule has 0 saturated heterocycles. The summed E-state index contributed by atoms with van der Waals surface area (Å²) in [7, 11) is -6.40. The van der Waals surface area contributed by atoms with Gasteiger partial charge in [0, 0.05) is 0 Å². The number of allylic oxidation sites excluding steroid dienone is 1. The van der Waals surface area contributed by atoms with E-state index in [1.807, 2.05) is 6.08 Å². The molecule has 2 atom stereocenters. The number of aliphatic hydroxyl groups excluding tert-OH is 1. The van der Waals surface area contributed by atoms with Gasteiger partial charge in [0.05, 0.1) is 6.61 Å². The SMILES string of the molecule is CCCCCCCCCCCCCCCC=CCO.O=[PH](O)O[PH](=O)O. The van der Waals surface area contributed by atoms with Gasteiger partial charge < -0.3 is 14.9 Å². The lowest BCUT2D eigenvalue weighted by Crippen LogP contribution is -1.82. The monoisotopic (exact) mass is 414 g/mol. The van der Waals surface area contributed by atoms with Crippen LogP contribution in [-0.4, -0.2) is 21.5 Å². The van der Waals surface area contributed by atoms with Crippen LogP contribution in [0.4, 0.5) is 0 Å². The van der Waals surface area contributed by atoms with Crippen LogP contribution in [0.5, 0.6) is 0 Å². The predicted molar refractivity (Wildman–Crippen MR) is 110 cm³/mol. The van der Waals surface area contributed by atoms with Crippen LogP contribution in [0.2, 0.25) is 0 Å². The summed E-state index contributed by atoms with van der Waals surface area (Å²) in [5, 5.41) is 8.58. The highest BCUT2D eigenvalue weighted by molar-refractivity contribution is 7.46. The molecule has 0 aromatic carbocycles. The zero-order valence-corrected chi connectivity index (χ0v) is 18.3. The van der Waals surface area contributed by atoms with Gasteiger partial charge in [-0.3, -0.25) is 9.13 Å². The van der Waals surface area contributed by atoms with Crippen molar-refractivity contribution in [2.45, 2.75) is 96.8 Å². The predicted octanol–water partition coefficient (Wildman–Crippen LogP) is 5.78. The second-order valence-corrected chi connectivity index (χ2v) is 8.20. The molecule has 0 saturated carbocycles.